The highest BCUT2D eigenvalue weighted by atomic mass is 32.2. The maximum atomic E-state index is 11.8. The zero-order valence-corrected chi connectivity index (χ0v) is 18.6. The summed E-state index contributed by atoms with van der Waals surface area (Å²) in [7, 11) is -3.30. The largest absolute Gasteiger partial charge is 0.486 e. The van der Waals surface area contributed by atoms with E-state index in [0.717, 1.165) is 38.9 Å². The molecule has 1 amide bonds. The molecule has 172 valence electrons. The summed E-state index contributed by atoms with van der Waals surface area (Å²) in [6.45, 7) is 3.86. The van der Waals surface area contributed by atoms with Crippen molar-refractivity contribution in [2.45, 2.75) is 36.3 Å². The molecule has 1 N–H and O–H groups in total. The number of likely N-dealkylation sites (tertiary alicyclic amines) is 1. The first-order valence-electron chi connectivity index (χ1n) is 10.7. The maximum Gasteiger partial charge on any atom is 0.410 e. The summed E-state index contributed by atoms with van der Waals surface area (Å²) in [6, 6.07) is 4.49. The second-order valence-electron chi connectivity index (χ2n) is 8.57. The molecule has 9 nitrogen and oxygen atoms in total. The topological polar surface area (TPSA) is 106 Å². The quantitative estimate of drug-likeness (QED) is 0.654. The van der Waals surface area contributed by atoms with Crippen molar-refractivity contribution in [1.29, 1.82) is 0 Å². The summed E-state index contributed by atoms with van der Waals surface area (Å²) in [5, 5.41) is 9.37. The number of carbonyl (C=O) groups is 1. The Bertz CT molecular complexity index is 899. The number of aliphatic hydroxyl groups excluding tert-OH is 1. The molecule has 0 spiro atoms. The molecule has 3 aliphatic rings. The molecule has 3 heterocycles. The Hall–Kier alpha value is -2.04. The lowest BCUT2D eigenvalue weighted by Gasteiger charge is -2.36. The molecule has 1 aromatic rings. The Labute approximate surface area is 182 Å². The predicted molar refractivity (Wildman–Crippen MR) is 112 cm³/mol. The number of hydrogen-bond acceptors (Lipinski definition) is 8. The number of aliphatic hydroxyl groups is 1. The van der Waals surface area contributed by atoms with Gasteiger partial charge in [0.15, 0.2) is 21.3 Å². The molecule has 0 aliphatic carbocycles. The SMILES string of the molecule is CS(=O)(=O)c1ccc2c(c1)OC(CN1CCC(CCN3C(=O)OCC3CO)CC1)CO2. The van der Waals surface area contributed by atoms with Gasteiger partial charge >= 0.3 is 6.09 Å². The van der Waals surface area contributed by atoms with E-state index in [0.29, 0.717) is 30.6 Å². The molecule has 4 rings (SSSR count). The van der Waals surface area contributed by atoms with E-state index in [9.17, 15) is 18.3 Å². The summed E-state index contributed by atoms with van der Waals surface area (Å²) < 4.78 is 40.4. The van der Waals surface area contributed by atoms with Crippen LogP contribution in [0.15, 0.2) is 23.1 Å². The highest BCUT2D eigenvalue weighted by Gasteiger charge is 2.33. The number of hydrogen-bond donors (Lipinski definition) is 1. The average molecular weight is 455 g/mol. The number of carbonyl (C=O) groups excluding carboxylic acids is 1. The molecule has 2 atom stereocenters. The number of benzene rings is 1. The van der Waals surface area contributed by atoms with Gasteiger partial charge in [-0.1, -0.05) is 0 Å². The van der Waals surface area contributed by atoms with Crippen LogP contribution in [-0.2, 0) is 14.6 Å². The fraction of sp³-hybridized carbons (Fsp3) is 0.667. The highest BCUT2D eigenvalue weighted by molar-refractivity contribution is 7.90. The van der Waals surface area contributed by atoms with Crippen LogP contribution in [-0.4, -0.2) is 93.8 Å². The van der Waals surface area contributed by atoms with Crippen molar-refractivity contribution in [3.05, 3.63) is 18.2 Å². The summed E-state index contributed by atoms with van der Waals surface area (Å²) in [4.78, 5) is 16.0. The standard InChI is InChI=1S/C21H30N2O7S/c1-31(26,27)18-2-3-19-20(10-18)30-17(14-28-19)11-22-7-4-15(5-8-22)6-9-23-16(12-24)13-29-21(23)25/h2-3,10,15-17,24H,4-9,11-14H2,1H3. The number of piperidine rings is 1. The first-order chi connectivity index (χ1) is 14.8. The van der Waals surface area contributed by atoms with E-state index in [1.165, 1.54) is 18.4 Å². The van der Waals surface area contributed by atoms with Gasteiger partial charge in [-0.05, 0) is 50.4 Å². The Balaban J connectivity index is 1.24. The second-order valence-corrected chi connectivity index (χ2v) is 10.6. The van der Waals surface area contributed by atoms with E-state index >= 15 is 0 Å². The molecule has 2 fully saturated rings. The van der Waals surface area contributed by atoms with Crippen LogP contribution in [0.3, 0.4) is 0 Å². The number of ether oxygens (including phenoxy) is 3. The monoisotopic (exact) mass is 454 g/mol. The van der Waals surface area contributed by atoms with Gasteiger partial charge in [0.25, 0.3) is 0 Å². The van der Waals surface area contributed by atoms with Crippen molar-refractivity contribution >= 4 is 15.9 Å². The Kier molecular flexibility index (Phi) is 6.59. The predicted octanol–water partition coefficient (Wildman–Crippen LogP) is 1.15. The van der Waals surface area contributed by atoms with Gasteiger partial charge in [-0.25, -0.2) is 13.2 Å². The number of rotatable bonds is 7. The summed E-state index contributed by atoms with van der Waals surface area (Å²) >= 11 is 0. The molecule has 3 aliphatic heterocycles. The molecule has 2 unspecified atom stereocenters. The third kappa shape index (κ3) is 5.24. The Morgan fingerprint density at radius 1 is 1.13 bits per heavy atom. The Morgan fingerprint density at radius 2 is 1.90 bits per heavy atom. The van der Waals surface area contributed by atoms with Crippen LogP contribution in [0.4, 0.5) is 4.79 Å². The van der Waals surface area contributed by atoms with Crippen molar-refractivity contribution in [2.24, 2.45) is 5.92 Å². The van der Waals surface area contributed by atoms with Crippen LogP contribution >= 0.6 is 0 Å². The van der Waals surface area contributed by atoms with Crippen LogP contribution in [0, 0.1) is 5.92 Å². The van der Waals surface area contributed by atoms with E-state index in [1.54, 1.807) is 11.0 Å². The number of fused-ring (bicyclic) bond motifs is 1. The van der Waals surface area contributed by atoms with Crippen LogP contribution in [0.2, 0.25) is 0 Å². The number of nitrogens with zero attached hydrogens (tertiary/aromatic N) is 2. The molecule has 1 aromatic carbocycles. The molecule has 2 saturated heterocycles. The minimum Gasteiger partial charge on any atom is -0.486 e. The third-order valence-electron chi connectivity index (χ3n) is 6.29. The normalized spacial score (nSPS) is 25.0. The lowest BCUT2D eigenvalue weighted by atomic mass is 9.93. The van der Waals surface area contributed by atoms with Gasteiger partial charge in [0.1, 0.15) is 19.3 Å². The van der Waals surface area contributed by atoms with Crippen molar-refractivity contribution < 1.29 is 32.5 Å². The molecular weight excluding hydrogens is 424 g/mol. The molecule has 0 aromatic heterocycles. The summed E-state index contributed by atoms with van der Waals surface area (Å²) in [5.41, 5.74) is 0. The van der Waals surface area contributed by atoms with E-state index in [1.807, 2.05) is 0 Å². The van der Waals surface area contributed by atoms with Crippen LogP contribution < -0.4 is 9.47 Å². The van der Waals surface area contributed by atoms with Crippen molar-refractivity contribution in [3.8, 4) is 11.5 Å². The fourth-order valence-electron chi connectivity index (χ4n) is 4.40. The number of sulfone groups is 1. The van der Waals surface area contributed by atoms with Gasteiger partial charge in [-0.2, -0.15) is 0 Å². The van der Waals surface area contributed by atoms with Crippen LogP contribution in [0.25, 0.3) is 0 Å². The van der Waals surface area contributed by atoms with E-state index in [4.69, 9.17) is 14.2 Å². The molecule has 10 heteroatoms. The first-order valence-corrected chi connectivity index (χ1v) is 12.6. The minimum atomic E-state index is -3.30. The maximum absolute atomic E-state index is 11.8. The zero-order valence-electron chi connectivity index (χ0n) is 17.7. The second kappa shape index (κ2) is 9.22. The van der Waals surface area contributed by atoms with Crippen LogP contribution in [0.1, 0.15) is 19.3 Å². The number of cyclic esters (lactones) is 1. The van der Waals surface area contributed by atoms with Crippen molar-refractivity contribution in [1.82, 2.24) is 9.80 Å². The zero-order chi connectivity index (χ0) is 22.0. The smallest absolute Gasteiger partial charge is 0.410 e. The minimum absolute atomic E-state index is 0.0670. The van der Waals surface area contributed by atoms with Crippen LogP contribution in [0.5, 0.6) is 11.5 Å². The summed E-state index contributed by atoms with van der Waals surface area (Å²) in [5.74, 6) is 1.58. The van der Waals surface area contributed by atoms with E-state index in [-0.39, 0.29) is 36.3 Å². The van der Waals surface area contributed by atoms with Gasteiger partial charge in [0, 0.05) is 25.4 Å². The molecule has 0 saturated carbocycles. The van der Waals surface area contributed by atoms with Gasteiger partial charge in [0.05, 0.1) is 17.5 Å². The molecule has 0 radical (unpaired) electrons. The highest BCUT2D eigenvalue weighted by Crippen LogP contribution is 2.34. The average Bonchev–Trinajstić information content (AvgIpc) is 3.11. The van der Waals surface area contributed by atoms with Gasteiger partial charge < -0.3 is 19.3 Å². The fourth-order valence-corrected chi connectivity index (χ4v) is 5.03. The molecule has 31 heavy (non-hydrogen) atoms. The number of amides is 1. The molecular formula is C21H30N2O7S. The van der Waals surface area contributed by atoms with E-state index < -0.39 is 9.84 Å². The lowest BCUT2D eigenvalue weighted by molar-refractivity contribution is 0.0461. The molecule has 0 bridgehead atoms. The third-order valence-corrected chi connectivity index (χ3v) is 7.40. The lowest BCUT2D eigenvalue weighted by Crippen LogP contribution is -2.44. The van der Waals surface area contributed by atoms with Gasteiger partial charge in [-0.15, -0.1) is 0 Å². The first kappa shape index (κ1) is 22.2. The van der Waals surface area contributed by atoms with Crippen molar-refractivity contribution in [2.75, 3.05) is 52.3 Å². The van der Waals surface area contributed by atoms with Crippen molar-refractivity contribution in [3.63, 3.8) is 0 Å². The van der Waals surface area contributed by atoms with E-state index in [2.05, 4.69) is 4.90 Å². The Morgan fingerprint density at radius 3 is 2.61 bits per heavy atom. The van der Waals surface area contributed by atoms with Gasteiger partial charge in [0.2, 0.25) is 0 Å². The van der Waals surface area contributed by atoms with Gasteiger partial charge in [-0.3, -0.25) is 9.80 Å². The summed E-state index contributed by atoms with van der Waals surface area (Å²) in [6.07, 6.45) is 3.68.